The van der Waals surface area contributed by atoms with E-state index in [1.165, 1.54) is 22.5 Å². The van der Waals surface area contributed by atoms with Gasteiger partial charge in [-0.15, -0.1) is 0 Å². The van der Waals surface area contributed by atoms with Gasteiger partial charge in [0.1, 0.15) is 0 Å². The molecule has 1 heterocycles. The van der Waals surface area contributed by atoms with Crippen molar-refractivity contribution in [1.29, 1.82) is 0 Å². The molecule has 28 heavy (non-hydrogen) atoms. The second-order valence-electron chi connectivity index (χ2n) is 7.29. The van der Waals surface area contributed by atoms with E-state index >= 15 is 0 Å². The van der Waals surface area contributed by atoms with Gasteiger partial charge in [-0.25, -0.2) is 8.42 Å². The zero-order chi connectivity index (χ0) is 20.6. The normalized spacial score (nSPS) is 12.9. The van der Waals surface area contributed by atoms with E-state index in [-0.39, 0.29) is 17.2 Å². The first-order valence-corrected chi connectivity index (χ1v) is 11.4. The number of nitrogens with zero attached hydrogens (tertiary/aromatic N) is 2. The maximum Gasteiger partial charge on any atom is 0.252 e. The summed E-state index contributed by atoms with van der Waals surface area (Å²) in [6.07, 6.45) is 0.133. The summed E-state index contributed by atoms with van der Waals surface area (Å²) in [5.74, 6) is -0.254. The van der Waals surface area contributed by atoms with E-state index in [1.54, 1.807) is 38.1 Å². The van der Waals surface area contributed by atoms with Crippen molar-refractivity contribution >= 4 is 37.3 Å². The molecule has 0 radical (unpaired) electrons. The van der Waals surface area contributed by atoms with Crippen LogP contribution in [0.15, 0.2) is 46.3 Å². The number of aryl methyl sites for hydroxylation is 3. The number of hydrogen-bond acceptors (Lipinski definition) is 4. The van der Waals surface area contributed by atoms with Crippen LogP contribution in [-0.4, -0.2) is 24.1 Å². The van der Waals surface area contributed by atoms with E-state index in [0.717, 1.165) is 15.8 Å². The average molecular weight is 417 g/mol. The molecule has 7 heteroatoms. The summed E-state index contributed by atoms with van der Waals surface area (Å²) < 4.78 is 27.5. The standard InChI is InChI=1S/C21H24N2O3S2/c1-13(2)28(25,26)17-8-6-16(7-9-17)12-19(24)22-21-23(5)18-11-14(3)10-15(4)20(18)27-21/h6-11,13H,12H2,1-5H3. The Morgan fingerprint density at radius 1 is 1.14 bits per heavy atom. The Morgan fingerprint density at radius 3 is 2.39 bits per heavy atom. The summed E-state index contributed by atoms with van der Waals surface area (Å²) in [5.41, 5.74) is 4.16. The highest BCUT2D eigenvalue weighted by Gasteiger charge is 2.18. The van der Waals surface area contributed by atoms with Crippen LogP contribution >= 0.6 is 11.3 Å². The van der Waals surface area contributed by atoms with E-state index in [9.17, 15) is 13.2 Å². The van der Waals surface area contributed by atoms with Gasteiger partial charge in [0.25, 0.3) is 5.91 Å². The first kappa shape index (κ1) is 20.5. The van der Waals surface area contributed by atoms with Crippen LogP contribution in [0, 0.1) is 13.8 Å². The molecule has 0 aliphatic heterocycles. The van der Waals surface area contributed by atoms with Gasteiger partial charge in [-0.1, -0.05) is 29.5 Å². The Balaban J connectivity index is 1.87. The highest BCUT2D eigenvalue weighted by Crippen LogP contribution is 2.22. The van der Waals surface area contributed by atoms with Gasteiger partial charge < -0.3 is 4.57 Å². The van der Waals surface area contributed by atoms with Crippen molar-refractivity contribution in [3.8, 4) is 0 Å². The molecule has 0 aliphatic carbocycles. The minimum Gasteiger partial charge on any atom is -0.319 e. The van der Waals surface area contributed by atoms with Crippen LogP contribution in [0.5, 0.6) is 0 Å². The maximum atomic E-state index is 12.5. The molecular formula is C21H24N2O3S2. The van der Waals surface area contributed by atoms with Gasteiger partial charge in [0.2, 0.25) is 0 Å². The monoisotopic (exact) mass is 416 g/mol. The number of hydrogen-bond donors (Lipinski definition) is 0. The summed E-state index contributed by atoms with van der Waals surface area (Å²) >= 11 is 1.50. The zero-order valence-corrected chi connectivity index (χ0v) is 18.3. The maximum absolute atomic E-state index is 12.5. The van der Waals surface area contributed by atoms with Crippen LogP contribution in [0.1, 0.15) is 30.5 Å². The molecule has 1 aromatic heterocycles. The molecule has 3 aromatic rings. The number of benzene rings is 2. The van der Waals surface area contributed by atoms with Gasteiger partial charge in [-0.05, 0) is 62.6 Å². The van der Waals surface area contributed by atoms with Crippen molar-refractivity contribution in [3.63, 3.8) is 0 Å². The smallest absolute Gasteiger partial charge is 0.252 e. The van der Waals surface area contributed by atoms with Crippen molar-refractivity contribution in [1.82, 2.24) is 4.57 Å². The summed E-state index contributed by atoms with van der Waals surface area (Å²) in [7, 11) is -1.40. The molecule has 1 amide bonds. The van der Waals surface area contributed by atoms with Crippen LogP contribution in [-0.2, 0) is 28.1 Å². The summed E-state index contributed by atoms with van der Waals surface area (Å²) in [5, 5.41) is -0.477. The molecule has 0 N–H and O–H groups in total. The van der Waals surface area contributed by atoms with Crippen LogP contribution in [0.4, 0.5) is 0 Å². The highest BCUT2D eigenvalue weighted by molar-refractivity contribution is 7.92. The fourth-order valence-corrected chi connectivity index (χ4v) is 5.21. The van der Waals surface area contributed by atoms with Crippen LogP contribution < -0.4 is 4.80 Å². The molecule has 0 aliphatic rings. The summed E-state index contributed by atoms with van der Waals surface area (Å²) in [6.45, 7) is 7.42. The lowest BCUT2D eigenvalue weighted by atomic mass is 10.1. The van der Waals surface area contributed by atoms with Crippen molar-refractivity contribution in [2.75, 3.05) is 0 Å². The summed E-state index contributed by atoms with van der Waals surface area (Å²) in [4.78, 5) is 17.7. The largest absolute Gasteiger partial charge is 0.319 e. The predicted molar refractivity (Wildman–Crippen MR) is 113 cm³/mol. The number of sulfone groups is 1. The molecule has 0 spiro atoms. The minimum absolute atomic E-state index is 0.133. The Bertz CT molecular complexity index is 1220. The third-order valence-corrected chi connectivity index (χ3v) is 8.14. The number of aromatic nitrogens is 1. The number of thiazole rings is 1. The first-order chi connectivity index (χ1) is 13.1. The third-order valence-electron chi connectivity index (χ3n) is 4.69. The summed E-state index contributed by atoms with van der Waals surface area (Å²) in [6, 6.07) is 10.7. The molecule has 0 saturated carbocycles. The van der Waals surface area contributed by atoms with E-state index in [4.69, 9.17) is 0 Å². The SMILES string of the molecule is Cc1cc(C)c2sc(=NC(=O)Cc3ccc(S(=O)(=O)C(C)C)cc3)n(C)c2c1. The Morgan fingerprint density at radius 2 is 1.79 bits per heavy atom. The Hall–Kier alpha value is -2.25. The quantitative estimate of drug-likeness (QED) is 0.651. The first-order valence-electron chi connectivity index (χ1n) is 9.07. The molecular weight excluding hydrogens is 392 g/mol. The topological polar surface area (TPSA) is 68.5 Å². The lowest BCUT2D eigenvalue weighted by Gasteiger charge is -2.08. The number of amides is 1. The van der Waals surface area contributed by atoms with Gasteiger partial charge in [-0.3, -0.25) is 4.79 Å². The molecule has 0 atom stereocenters. The van der Waals surface area contributed by atoms with E-state index in [2.05, 4.69) is 31.0 Å². The molecule has 148 valence electrons. The number of fused-ring (bicyclic) bond motifs is 1. The van der Waals surface area contributed by atoms with E-state index in [1.807, 2.05) is 11.6 Å². The van der Waals surface area contributed by atoms with Crippen LogP contribution in [0.3, 0.4) is 0 Å². The molecule has 0 bridgehead atoms. The van der Waals surface area contributed by atoms with Gasteiger partial charge in [0.05, 0.1) is 26.8 Å². The molecule has 3 rings (SSSR count). The number of carbonyl (C=O) groups excluding carboxylic acids is 1. The Kier molecular flexibility index (Phi) is 5.59. The van der Waals surface area contributed by atoms with Crippen LogP contribution in [0.25, 0.3) is 10.2 Å². The van der Waals surface area contributed by atoms with E-state index < -0.39 is 15.1 Å². The van der Waals surface area contributed by atoms with Gasteiger partial charge in [0.15, 0.2) is 14.6 Å². The Labute approximate surface area is 169 Å². The third kappa shape index (κ3) is 3.95. The van der Waals surface area contributed by atoms with Crippen molar-refractivity contribution in [3.05, 3.63) is 57.9 Å². The van der Waals surface area contributed by atoms with Gasteiger partial charge in [0, 0.05) is 7.05 Å². The van der Waals surface area contributed by atoms with Gasteiger partial charge >= 0.3 is 0 Å². The second kappa shape index (κ2) is 7.64. The zero-order valence-electron chi connectivity index (χ0n) is 16.7. The fourth-order valence-electron chi connectivity index (χ4n) is 3.06. The van der Waals surface area contributed by atoms with Crippen molar-refractivity contribution in [2.45, 2.75) is 44.3 Å². The van der Waals surface area contributed by atoms with Crippen molar-refractivity contribution in [2.24, 2.45) is 12.0 Å². The molecule has 0 saturated heterocycles. The second-order valence-corrected chi connectivity index (χ2v) is 10.8. The lowest BCUT2D eigenvalue weighted by Crippen LogP contribution is -2.15. The fraction of sp³-hybridized carbons (Fsp3) is 0.333. The van der Waals surface area contributed by atoms with Crippen LogP contribution in [0.2, 0.25) is 0 Å². The number of rotatable bonds is 4. The van der Waals surface area contributed by atoms with E-state index in [0.29, 0.717) is 4.80 Å². The van der Waals surface area contributed by atoms with Crippen molar-refractivity contribution < 1.29 is 13.2 Å². The predicted octanol–water partition coefficient (Wildman–Crippen LogP) is 3.71. The highest BCUT2D eigenvalue weighted by atomic mass is 32.2. The number of carbonyl (C=O) groups is 1. The lowest BCUT2D eigenvalue weighted by molar-refractivity contribution is -0.117. The molecule has 0 unspecified atom stereocenters. The molecule has 0 fully saturated rings. The average Bonchev–Trinajstić information content (AvgIpc) is 2.92. The molecule has 5 nitrogen and oxygen atoms in total. The minimum atomic E-state index is -3.31. The molecule has 2 aromatic carbocycles. The van der Waals surface area contributed by atoms with Gasteiger partial charge in [-0.2, -0.15) is 4.99 Å².